The Morgan fingerprint density at radius 3 is 2.57 bits per heavy atom. The average molecular weight is 312 g/mol. The molecule has 0 heterocycles. The van der Waals surface area contributed by atoms with Gasteiger partial charge >= 0.3 is 5.97 Å². The van der Waals surface area contributed by atoms with E-state index < -0.39 is 0 Å². The molecule has 1 atom stereocenters. The first-order valence-electron chi connectivity index (χ1n) is 5.50. The van der Waals surface area contributed by atoms with Crippen molar-refractivity contribution < 1.29 is 9.53 Å². The van der Waals surface area contributed by atoms with Gasteiger partial charge in [-0.3, -0.25) is 4.79 Å². The minimum Gasteiger partial charge on any atom is -0.466 e. The second kappa shape index (κ2) is 9.74. The summed E-state index contributed by atoms with van der Waals surface area (Å²) < 4.78 is 5.54. The summed E-state index contributed by atoms with van der Waals surface area (Å²) in [5.74, 6) is -0.0391. The number of carbonyl (C=O) groups is 1. The predicted octanol–water partition coefficient (Wildman–Crippen LogP) is 3.71. The molecule has 0 fully saturated rings. The van der Waals surface area contributed by atoms with E-state index >= 15 is 0 Å². The molecule has 0 spiro atoms. The molecule has 0 aromatic carbocycles. The largest absolute Gasteiger partial charge is 0.466 e. The summed E-state index contributed by atoms with van der Waals surface area (Å²) >= 11 is 2.29. The number of esters is 1. The fraction of sp³-hybridized carbons (Fsp3) is 0.909. The van der Waals surface area contributed by atoms with Crippen molar-refractivity contribution in [1.82, 2.24) is 0 Å². The van der Waals surface area contributed by atoms with Gasteiger partial charge in [0.25, 0.3) is 0 Å². The van der Waals surface area contributed by atoms with Gasteiger partial charge in [-0.15, -0.1) is 0 Å². The van der Waals surface area contributed by atoms with Gasteiger partial charge in [-0.1, -0.05) is 55.7 Å². The predicted molar refractivity (Wildman–Crippen MR) is 67.8 cm³/mol. The van der Waals surface area contributed by atoms with Crippen LogP contribution in [-0.4, -0.2) is 16.5 Å². The van der Waals surface area contributed by atoms with Gasteiger partial charge < -0.3 is 4.74 Å². The van der Waals surface area contributed by atoms with Gasteiger partial charge in [0.15, 0.2) is 0 Å². The lowest BCUT2D eigenvalue weighted by atomic mass is 10.2. The molecule has 1 unspecified atom stereocenters. The quantitative estimate of drug-likeness (QED) is 0.295. The number of hydrogen-bond donors (Lipinski definition) is 0. The minimum atomic E-state index is -0.0391. The molecule has 0 saturated carbocycles. The lowest BCUT2D eigenvalue weighted by Gasteiger charge is -2.07. The molecule has 0 saturated heterocycles. The van der Waals surface area contributed by atoms with E-state index in [1.807, 2.05) is 0 Å². The van der Waals surface area contributed by atoms with Gasteiger partial charge in [0.05, 0.1) is 13.0 Å². The van der Waals surface area contributed by atoms with Gasteiger partial charge in [-0.25, -0.2) is 0 Å². The Hall–Kier alpha value is 0.200. The third kappa shape index (κ3) is 8.78. The Morgan fingerprint density at radius 2 is 2.00 bits per heavy atom. The molecule has 0 aliphatic rings. The maximum atomic E-state index is 11.2. The molecule has 14 heavy (non-hydrogen) atoms. The van der Waals surface area contributed by atoms with E-state index in [2.05, 4.69) is 36.4 Å². The first kappa shape index (κ1) is 14.2. The normalized spacial score (nSPS) is 12.5. The van der Waals surface area contributed by atoms with Crippen LogP contribution in [0.2, 0.25) is 0 Å². The second-order valence-corrected chi connectivity index (χ2v) is 5.25. The summed E-state index contributed by atoms with van der Waals surface area (Å²) in [6, 6.07) is 0. The molecular formula is C11H21IO2. The molecule has 0 radical (unpaired) electrons. The van der Waals surface area contributed by atoms with E-state index in [1.165, 1.54) is 19.3 Å². The van der Waals surface area contributed by atoms with Gasteiger partial charge in [0.1, 0.15) is 0 Å². The van der Waals surface area contributed by atoms with Gasteiger partial charge in [-0.2, -0.15) is 0 Å². The van der Waals surface area contributed by atoms with Gasteiger partial charge in [0.2, 0.25) is 0 Å². The van der Waals surface area contributed by atoms with Crippen LogP contribution in [0, 0.1) is 0 Å². The molecule has 0 aromatic heterocycles. The Bertz CT molecular complexity index is 148. The summed E-state index contributed by atoms with van der Waals surface area (Å²) in [5.41, 5.74) is 0. The van der Waals surface area contributed by atoms with Crippen molar-refractivity contribution in [3.8, 4) is 0 Å². The van der Waals surface area contributed by atoms with Crippen molar-refractivity contribution in [3.63, 3.8) is 0 Å². The first-order chi connectivity index (χ1) is 6.70. The molecule has 0 aromatic rings. The van der Waals surface area contributed by atoms with Gasteiger partial charge in [-0.05, 0) is 12.8 Å². The zero-order chi connectivity index (χ0) is 10.8. The molecule has 0 rings (SSSR count). The number of hydrogen-bond acceptors (Lipinski definition) is 2. The molecule has 0 aliphatic heterocycles. The van der Waals surface area contributed by atoms with Gasteiger partial charge in [0, 0.05) is 3.92 Å². The third-order valence-electron chi connectivity index (χ3n) is 2.09. The Balaban J connectivity index is 3.27. The Kier molecular flexibility index (Phi) is 9.88. The molecule has 0 amide bonds. The van der Waals surface area contributed by atoms with Crippen molar-refractivity contribution in [2.24, 2.45) is 0 Å². The van der Waals surface area contributed by atoms with Crippen molar-refractivity contribution in [2.75, 3.05) is 6.61 Å². The number of rotatable bonds is 8. The highest BCUT2D eigenvalue weighted by Gasteiger charge is 2.08. The monoisotopic (exact) mass is 312 g/mol. The molecule has 3 heteroatoms. The number of ether oxygens (including phenoxy) is 1. The summed E-state index contributed by atoms with van der Waals surface area (Å²) in [7, 11) is 0. The SMILES string of the molecule is CCCCCCOC(=O)CC(I)CC. The standard InChI is InChI=1S/C11H21IO2/c1-3-5-6-7-8-14-11(13)9-10(12)4-2/h10H,3-9H2,1-2H3. The summed E-state index contributed by atoms with van der Waals surface area (Å²) in [6.07, 6.45) is 6.24. The van der Waals surface area contributed by atoms with Crippen LogP contribution in [0.25, 0.3) is 0 Å². The third-order valence-corrected chi connectivity index (χ3v) is 3.41. The summed E-state index contributed by atoms with van der Waals surface area (Å²) in [5, 5.41) is 0. The van der Waals surface area contributed by atoms with Crippen LogP contribution in [0.5, 0.6) is 0 Å². The summed E-state index contributed by atoms with van der Waals surface area (Å²) in [4.78, 5) is 11.2. The van der Waals surface area contributed by atoms with Crippen LogP contribution in [0.15, 0.2) is 0 Å². The van der Waals surface area contributed by atoms with E-state index in [9.17, 15) is 4.79 Å². The number of alkyl halides is 1. The molecule has 84 valence electrons. The van der Waals surface area contributed by atoms with Crippen LogP contribution in [-0.2, 0) is 9.53 Å². The van der Waals surface area contributed by atoms with E-state index in [0.29, 0.717) is 17.0 Å². The highest BCUT2D eigenvalue weighted by Crippen LogP contribution is 2.11. The maximum absolute atomic E-state index is 11.2. The summed E-state index contributed by atoms with van der Waals surface area (Å²) in [6.45, 7) is 4.87. The molecule has 0 bridgehead atoms. The second-order valence-electron chi connectivity index (χ2n) is 3.49. The lowest BCUT2D eigenvalue weighted by Crippen LogP contribution is -2.11. The topological polar surface area (TPSA) is 26.3 Å². The van der Waals surface area contributed by atoms with E-state index in [4.69, 9.17) is 4.74 Å². The average Bonchev–Trinajstić information content (AvgIpc) is 2.17. The van der Waals surface area contributed by atoms with E-state index in [0.717, 1.165) is 12.8 Å². The molecule has 0 aliphatic carbocycles. The van der Waals surface area contributed by atoms with Crippen LogP contribution in [0.1, 0.15) is 52.4 Å². The van der Waals surface area contributed by atoms with Crippen LogP contribution < -0.4 is 0 Å². The highest BCUT2D eigenvalue weighted by atomic mass is 127. The molecule has 0 N–H and O–H groups in total. The van der Waals surface area contributed by atoms with E-state index in [-0.39, 0.29) is 5.97 Å². The number of carbonyl (C=O) groups excluding carboxylic acids is 1. The number of halogens is 1. The Labute approximate surface area is 101 Å². The van der Waals surface area contributed by atoms with Crippen molar-refractivity contribution in [3.05, 3.63) is 0 Å². The fourth-order valence-electron chi connectivity index (χ4n) is 1.10. The van der Waals surface area contributed by atoms with Crippen LogP contribution >= 0.6 is 22.6 Å². The maximum Gasteiger partial charge on any atom is 0.306 e. The first-order valence-corrected chi connectivity index (χ1v) is 6.75. The van der Waals surface area contributed by atoms with Crippen molar-refractivity contribution in [2.45, 2.75) is 56.3 Å². The highest BCUT2D eigenvalue weighted by molar-refractivity contribution is 14.1. The molecule has 2 nitrogen and oxygen atoms in total. The Morgan fingerprint density at radius 1 is 1.29 bits per heavy atom. The van der Waals surface area contributed by atoms with Crippen molar-refractivity contribution in [1.29, 1.82) is 0 Å². The van der Waals surface area contributed by atoms with Crippen molar-refractivity contribution >= 4 is 28.6 Å². The molecular weight excluding hydrogens is 291 g/mol. The lowest BCUT2D eigenvalue weighted by molar-refractivity contribution is -0.143. The zero-order valence-corrected chi connectivity index (χ0v) is 11.4. The van der Waals surface area contributed by atoms with Crippen LogP contribution in [0.3, 0.4) is 0 Å². The smallest absolute Gasteiger partial charge is 0.306 e. The number of unbranched alkanes of at least 4 members (excludes halogenated alkanes) is 3. The van der Waals surface area contributed by atoms with Crippen LogP contribution in [0.4, 0.5) is 0 Å². The zero-order valence-electron chi connectivity index (χ0n) is 9.22. The van der Waals surface area contributed by atoms with E-state index in [1.54, 1.807) is 0 Å². The fourth-order valence-corrected chi connectivity index (χ4v) is 1.46. The minimum absolute atomic E-state index is 0.0391.